The van der Waals surface area contributed by atoms with Crippen LogP contribution in [-0.4, -0.2) is 28.0 Å². The van der Waals surface area contributed by atoms with Gasteiger partial charge in [-0.1, -0.05) is 6.07 Å². The molecule has 1 aromatic carbocycles. The smallest absolute Gasteiger partial charge is 0.123 e. The molecule has 3 aromatic rings. The minimum atomic E-state index is -0.161. The zero-order chi connectivity index (χ0) is 15.8. The third-order valence-electron chi connectivity index (χ3n) is 4.69. The van der Waals surface area contributed by atoms with Gasteiger partial charge in [-0.05, 0) is 61.8 Å². The van der Waals surface area contributed by atoms with Crippen molar-refractivity contribution >= 4 is 35.7 Å². The molecule has 3 heterocycles. The molecule has 0 amide bonds. The van der Waals surface area contributed by atoms with Gasteiger partial charge in [-0.25, -0.2) is 4.39 Å². The lowest BCUT2D eigenvalue weighted by atomic mass is 10.1. The lowest BCUT2D eigenvalue weighted by Crippen LogP contribution is -2.17. The average molecular weight is 382 g/mol. The molecule has 0 spiro atoms. The summed E-state index contributed by atoms with van der Waals surface area (Å²) in [5.74, 6) is -0.161. The zero-order valence-corrected chi connectivity index (χ0v) is 15.7. The van der Waals surface area contributed by atoms with Crippen molar-refractivity contribution in [1.82, 2.24) is 14.5 Å². The van der Waals surface area contributed by atoms with Crippen LogP contribution in [0, 0.1) is 5.82 Å². The van der Waals surface area contributed by atoms with Crippen molar-refractivity contribution in [3.8, 4) is 0 Å². The van der Waals surface area contributed by atoms with Crippen molar-refractivity contribution in [2.45, 2.75) is 25.9 Å². The van der Waals surface area contributed by atoms with Gasteiger partial charge in [0.2, 0.25) is 0 Å². The van der Waals surface area contributed by atoms with Crippen LogP contribution in [0.3, 0.4) is 0 Å². The summed E-state index contributed by atoms with van der Waals surface area (Å²) in [6.45, 7) is 2.75. The summed E-state index contributed by atoms with van der Waals surface area (Å²) in [5, 5.41) is 1.05. The number of hydrogen-bond donors (Lipinski definition) is 0. The van der Waals surface area contributed by atoms with Crippen LogP contribution in [-0.2, 0) is 19.5 Å². The molecule has 0 atom stereocenters. The normalized spacial score (nSPS) is 14.3. The molecule has 4 rings (SSSR count). The van der Waals surface area contributed by atoms with E-state index in [0.29, 0.717) is 0 Å². The Labute approximate surface area is 159 Å². The molecule has 134 valence electrons. The monoisotopic (exact) mass is 381 g/mol. The van der Waals surface area contributed by atoms with Crippen LogP contribution in [0.4, 0.5) is 4.39 Å². The van der Waals surface area contributed by atoms with Crippen molar-refractivity contribution in [3.05, 3.63) is 65.4 Å². The number of nitrogens with zero attached hydrogens (tertiary/aromatic N) is 3. The molecular weight excluding hydrogens is 360 g/mol. The minimum absolute atomic E-state index is 0. The van der Waals surface area contributed by atoms with Crippen LogP contribution in [0.2, 0.25) is 0 Å². The van der Waals surface area contributed by atoms with Gasteiger partial charge >= 0.3 is 0 Å². The number of fused-ring (bicyclic) bond motifs is 3. The Balaban J connectivity index is 0.00000113. The van der Waals surface area contributed by atoms with Gasteiger partial charge < -0.3 is 9.47 Å². The Kier molecular flexibility index (Phi) is 6.44. The molecule has 0 fully saturated rings. The van der Waals surface area contributed by atoms with Crippen LogP contribution in [0.25, 0.3) is 10.9 Å². The summed E-state index contributed by atoms with van der Waals surface area (Å²) in [5.41, 5.74) is 4.92. The lowest BCUT2D eigenvalue weighted by molar-refractivity contribution is 0.333. The van der Waals surface area contributed by atoms with Gasteiger partial charge in [0.05, 0.1) is 0 Å². The highest BCUT2D eigenvalue weighted by atomic mass is 35.5. The van der Waals surface area contributed by atoms with E-state index in [1.54, 1.807) is 18.3 Å². The molecule has 0 N–H and O–H groups in total. The van der Waals surface area contributed by atoms with E-state index >= 15 is 0 Å². The fourth-order valence-electron chi connectivity index (χ4n) is 3.63. The fourth-order valence-corrected chi connectivity index (χ4v) is 3.63. The van der Waals surface area contributed by atoms with E-state index in [4.69, 9.17) is 0 Å². The highest BCUT2D eigenvalue weighted by Gasteiger charge is 2.21. The maximum Gasteiger partial charge on any atom is 0.123 e. The van der Waals surface area contributed by atoms with Gasteiger partial charge in [0.15, 0.2) is 0 Å². The Morgan fingerprint density at radius 1 is 1.20 bits per heavy atom. The van der Waals surface area contributed by atoms with E-state index in [0.717, 1.165) is 43.4 Å². The highest BCUT2D eigenvalue weighted by Crippen LogP contribution is 2.31. The molecule has 3 nitrogen and oxygen atoms in total. The van der Waals surface area contributed by atoms with E-state index in [1.165, 1.54) is 16.8 Å². The number of pyridine rings is 1. The van der Waals surface area contributed by atoms with Crippen molar-refractivity contribution in [2.24, 2.45) is 0 Å². The number of hydrogen-bond acceptors (Lipinski definition) is 2. The molecule has 0 saturated heterocycles. The maximum atomic E-state index is 13.8. The Morgan fingerprint density at radius 3 is 2.80 bits per heavy atom. The van der Waals surface area contributed by atoms with Crippen LogP contribution < -0.4 is 0 Å². The predicted octanol–water partition coefficient (Wildman–Crippen LogP) is 4.45. The Morgan fingerprint density at radius 2 is 2.04 bits per heavy atom. The van der Waals surface area contributed by atoms with E-state index in [9.17, 15) is 4.39 Å². The number of aromatic nitrogens is 2. The Bertz CT molecular complexity index is 849. The molecule has 25 heavy (non-hydrogen) atoms. The number of halogens is 3. The zero-order valence-electron chi connectivity index (χ0n) is 14.1. The molecule has 2 aromatic heterocycles. The van der Waals surface area contributed by atoms with E-state index in [1.807, 2.05) is 18.3 Å². The van der Waals surface area contributed by atoms with E-state index in [2.05, 4.69) is 27.6 Å². The summed E-state index contributed by atoms with van der Waals surface area (Å²) in [6.07, 6.45) is 5.87. The van der Waals surface area contributed by atoms with Crippen LogP contribution in [0.5, 0.6) is 0 Å². The summed E-state index contributed by atoms with van der Waals surface area (Å²) in [4.78, 5) is 6.54. The molecule has 0 radical (unpaired) electrons. The summed E-state index contributed by atoms with van der Waals surface area (Å²) >= 11 is 0. The molecule has 0 unspecified atom stereocenters. The SMILES string of the molecule is CN1CCCc2c(c3cc(F)ccc3n2Cc2cccnc2)C1.Cl.Cl. The lowest BCUT2D eigenvalue weighted by Gasteiger charge is -2.12. The summed E-state index contributed by atoms with van der Waals surface area (Å²) < 4.78 is 16.2. The van der Waals surface area contributed by atoms with Crippen molar-refractivity contribution in [2.75, 3.05) is 13.6 Å². The maximum absolute atomic E-state index is 13.8. The first-order chi connectivity index (χ1) is 11.2. The molecule has 6 heteroatoms. The van der Waals surface area contributed by atoms with Gasteiger partial charge in [-0.3, -0.25) is 4.98 Å². The number of benzene rings is 1. The van der Waals surface area contributed by atoms with Gasteiger partial charge in [-0.2, -0.15) is 0 Å². The molecule has 0 saturated carbocycles. The second kappa shape index (κ2) is 8.17. The quantitative estimate of drug-likeness (QED) is 0.653. The summed E-state index contributed by atoms with van der Waals surface area (Å²) in [6, 6.07) is 9.22. The second-order valence-electron chi connectivity index (χ2n) is 6.38. The van der Waals surface area contributed by atoms with Crippen LogP contribution >= 0.6 is 24.8 Å². The molecule has 1 aliphatic heterocycles. The molecular formula is C19H22Cl2FN3. The predicted molar refractivity (Wildman–Crippen MR) is 104 cm³/mol. The first kappa shape index (κ1) is 19.7. The van der Waals surface area contributed by atoms with E-state index < -0.39 is 0 Å². The van der Waals surface area contributed by atoms with Gasteiger partial charge in [0.25, 0.3) is 0 Å². The standard InChI is InChI=1S/C19H20FN3.2ClH/c1-22-9-3-5-18-17(13-22)16-10-15(20)6-7-19(16)23(18)12-14-4-2-8-21-11-14;;/h2,4,6-8,10-11H,3,5,9,12-13H2,1H3;2*1H. The summed E-state index contributed by atoms with van der Waals surface area (Å²) in [7, 11) is 2.14. The first-order valence-corrected chi connectivity index (χ1v) is 8.09. The highest BCUT2D eigenvalue weighted by molar-refractivity contribution is 5.86. The van der Waals surface area contributed by atoms with E-state index in [-0.39, 0.29) is 30.6 Å². The third-order valence-corrected chi connectivity index (χ3v) is 4.69. The molecule has 0 aliphatic carbocycles. The number of rotatable bonds is 2. The topological polar surface area (TPSA) is 21.1 Å². The fraction of sp³-hybridized carbons (Fsp3) is 0.316. The van der Waals surface area contributed by atoms with Crippen molar-refractivity contribution in [3.63, 3.8) is 0 Å². The largest absolute Gasteiger partial charge is 0.340 e. The second-order valence-corrected chi connectivity index (χ2v) is 6.38. The van der Waals surface area contributed by atoms with Gasteiger partial charge in [0, 0.05) is 42.1 Å². The van der Waals surface area contributed by atoms with Crippen LogP contribution in [0.1, 0.15) is 23.2 Å². The first-order valence-electron chi connectivity index (χ1n) is 8.09. The van der Waals surface area contributed by atoms with Crippen molar-refractivity contribution < 1.29 is 4.39 Å². The third kappa shape index (κ3) is 3.81. The average Bonchev–Trinajstić information content (AvgIpc) is 2.70. The van der Waals surface area contributed by atoms with Crippen LogP contribution in [0.15, 0.2) is 42.7 Å². The van der Waals surface area contributed by atoms with Crippen molar-refractivity contribution in [1.29, 1.82) is 0 Å². The molecule has 1 aliphatic rings. The Hall–Kier alpha value is -1.62. The minimum Gasteiger partial charge on any atom is -0.340 e. The molecule has 0 bridgehead atoms. The van der Waals surface area contributed by atoms with Gasteiger partial charge in [-0.15, -0.1) is 24.8 Å². The van der Waals surface area contributed by atoms with Gasteiger partial charge in [0.1, 0.15) is 5.82 Å².